The van der Waals surface area contributed by atoms with E-state index in [0.29, 0.717) is 15.5 Å². The van der Waals surface area contributed by atoms with Gasteiger partial charge in [0.15, 0.2) is 5.16 Å². The van der Waals surface area contributed by atoms with E-state index in [1.54, 1.807) is 6.26 Å². The van der Waals surface area contributed by atoms with Crippen LogP contribution in [0.3, 0.4) is 0 Å². The van der Waals surface area contributed by atoms with Crippen LogP contribution in [0.2, 0.25) is 0 Å². The zero-order chi connectivity index (χ0) is 12.6. The van der Waals surface area contributed by atoms with Crippen molar-refractivity contribution in [2.24, 2.45) is 0 Å². The number of halogens is 1. The molecule has 1 aromatic rings. The van der Waals surface area contributed by atoms with Gasteiger partial charge in [-0.3, -0.25) is 14.2 Å². The van der Waals surface area contributed by atoms with E-state index in [1.165, 1.54) is 16.3 Å². The Morgan fingerprint density at radius 2 is 2.29 bits per heavy atom. The lowest BCUT2D eigenvalue weighted by Crippen LogP contribution is -2.28. The van der Waals surface area contributed by atoms with Crippen molar-refractivity contribution in [2.45, 2.75) is 30.5 Å². The van der Waals surface area contributed by atoms with E-state index < -0.39 is 5.97 Å². The fraction of sp³-hybridized carbons (Fsp3) is 0.500. The summed E-state index contributed by atoms with van der Waals surface area (Å²) in [6.07, 6.45) is 3.87. The molecule has 0 aliphatic heterocycles. The Kier molecular flexibility index (Phi) is 3.58. The molecular formula is C10H11BrN2O3S. The number of nitrogens with zero attached hydrogens (tertiary/aromatic N) is 2. The highest BCUT2D eigenvalue weighted by Crippen LogP contribution is 2.41. The highest BCUT2D eigenvalue weighted by molar-refractivity contribution is 9.10. The molecule has 0 unspecified atom stereocenters. The Bertz CT molecular complexity index is 525. The minimum Gasteiger partial charge on any atom is -0.480 e. The molecule has 0 saturated heterocycles. The summed E-state index contributed by atoms with van der Waals surface area (Å²) in [5.41, 5.74) is 0.453. The van der Waals surface area contributed by atoms with Crippen LogP contribution in [0.25, 0.3) is 0 Å². The Morgan fingerprint density at radius 1 is 1.65 bits per heavy atom. The van der Waals surface area contributed by atoms with Gasteiger partial charge in [-0.05, 0) is 35.0 Å². The second-order valence-electron chi connectivity index (χ2n) is 3.86. The summed E-state index contributed by atoms with van der Waals surface area (Å²) in [7, 11) is 0. The average Bonchev–Trinajstić information content (AvgIpc) is 3.09. The van der Waals surface area contributed by atoms with Gasteiger partial charge in [0.2, 0.25) is 0 Å². The van der Waals surface area contributed by atoms with Crippen LogP contribution >= 0.6 is 27.7 Å². The zero-order valence-electron chi connectivity index (χ0n) is 9.14. The van der Waals surface area contributed by atoms with Crippen molar-refractivity contribution < 1.29 is 9.90 Å². The molecule has 0 atom stereocenters. The fourth-order valence-electron chi connectivity index (χ4n) is 1.59. The minimum atomic E-state index is -1.05. The number of hydrogen-bond donors (Lipinski definition) is 1. The third kappa shape index (κ3) is 2.55. The van der Waals surface area contributed by atoms with Gasteiger partial charge in [0.05, 0.1) is 5.69 Å². The van der Waals surface area contributed by atoms with E-state index in [2.05, 4.69) is 20.9 Å². The molecule has 1 N–H and O–H groups in total. The topological polar surface area (TPSA) is 72.2 Å². The normalized spacial score (nSPS) is 14.9. The smallest absolute Gasteiger partial charge is 0.323 e. The summed E-state index contributed by atoms with van der Waals surface area (Å²) in [5, 5.41) is 9.24. The number of rotatable bonds is 4. The number of carboxylic acids is 1. The van der Waals surface area contributed by atoms with Gasteiger partial charge in [-0.2, -0.15) is 0 Å². The van der Waals surface area contributed by atoms with Crippen LogP contribution in [0.1, 0.15) is 24.5 Å². The van der Waals surface area contributed by atoms with Gasteiger partial charge in [-0.1, -0.05) is 11.8 Å². The summed E-state index contributed by atoms with van der Waals surface area (Å²) in [6.45, 7) is -0.356. The fourth-order valence-corrected chi connectivity index (χ4v) is 2.77. The first-order valence-corrected chi connectivity index (χ1v) is 7.12. The van der Waals surface area contributed by atoms with Gasteiger partial charge < -0.3 is 5.11 Å². The van der Waals surface area contributed by atoms with Crippen molar-refractivity contribution in [3.05, 3.63) is 20.5 Å². The quantitative estimate of drug-likeness (QED) is 0.675. The summed E-state index contributed by atoms with van der Waals surface area (Å²) in [6, 6.07) is 0. The molecule has 0 bridgehead atoms. The number of carboxylic acid groups (broad SMARTS) is 1. The Labute approximate surface area is 110 Å². The lowest BCUT2D eigenvalue weighted by atomic mass is 10.3. The number of aliphatic carboxylic acids is 1. The average molecular weight is 319 g/mol. The highest BCUT2D eigenvalue weighted by atomic mass is 79.9. The summed E-state index contributed by atoms with van der Waals surface area (Å²) >= 11 is 4.51. The van der Waals surface area contributed by atoms with Gasteiger partial charge in [0, 0.05) is 5.92 Å². The second-order valence-corrected chi connectivity index (χ2v) is 5.42. The molecule has 1 saturated carbocycles. The standard InChI is InChI=1S/C10H11BrN2O3S/c1-17-10-12-8(5-2-3-5)7(11)9(16)13(10)4-6(14)15/h5H,2-4H2,1H3,(H,14,15). The van der Waals surface area contributed by atoms with Gasteiger partial charge in [0.1, 0.15) is 11.0 Å². The van der Waals surface area contributed by atoms with Gasteiger partial charge in [-0.25, -0.2) is 4.98 Å². The number of hydrogen-bond acceptors (Lipinski definition) is 4. The van der Waals surface area contributed by atoms with Crippen molar-refractivity contribution >= 4 is 33.7 Å². The zero-order valence-corrected chi connectivity index (χ0v) is 11.5. The molecule has 2 rings (SSSR count). The summed E-state index contributed by atoms with van der Waals surface area (Å²) in [4.78, 5) is 27.1. The molecule has 0 spiro atoms. The monoisotopic (exact) mass is 318 g/mol. The Morgan fingerprint density at radius 3 is 2.76 bits per heavy atom. The van der Waals surface area contributed by atoms with Crippen molar-refractivity contribution in [2.75, 3.05) is 6.26 Å². The molecule has 7 heteroatoms. The van der Waals surface area contributed by atoms with Crippen molar-refractivity contribution in [1.82, 2.24) is 9.55 Å². The molecule has 1 aliphatic carbocycles. The van der Waals surface area contributed by atoms with Crippen LogP contribution in [-0.2, 0) is 11.3 Å². The Balaban J connectivity index is 2.54. The molecular weight excluding hydrogens is 308 g/mol. The van der Waals surface area contributed by atoms with Crippen LogP contribution in [0.15, 0.2) is 14.4 Å². The highest BCUT2D eigenvalue weighted by Gasteiger charge is 2.30. The SMILES string of the molecule is CSc1nc(C2CC2)c(Br)c(=O)n1CC(=O)O. The van der Waals surface area contributed by atoms with E-state index in [1.807, 2.05) is 0 Å². The third-order valence-corrected chi connectivity index (χ3v) is 3.97. The molecule has 0 aromatic carbocycles. The van der Waals surface area contributed by atoms with Crippen molar-refractivity contribution in [3.8, 4) is 0 Å². The van der Waals surface area contributed by atoms with Crippen LogP contribution < -0.4 is 5.56 Å². The third-order valence-electron chi connectivity index (χ3n) is 2.54. The van der Waals surface area contributed by atoms with Gasteiger partial charge in [-0.15, -0.1) is 0 Å². The summed E-state index contributed by atoms with van der Waals surface area (Å²) < 4.78 is 1.59. The van der Waals surface area contributed by atoms with Crippen LogP contribution in [0, 0.1) is 0 Å². The summed E-state index contributed by atoms with van der Waals surface area (Å²) in [5.74, 6) is -0.697. The first kappa shape index (κ1) is 12.6. The number of thioether (sulfide) groups is 1. The van der Waals surface area contributed by atoms with Crippen LogP contribution in [0.4, 0.5) is 0 Å². The first-order valence-electron chi connectivity index (χ1n) is 5.10. The maximum absolute atomic E-state index is 12.0. The molecule has 1 fully saturated rings. The number of aromatic nitrogens is 2. The molecule has 0 radical (unpaired) electrons. The van der Waals surface area contributed by atoms with Gasteiger partial charge in [0.25, 0.3) is 5.56 Å². The van der Waals surface area contributed by atoms with Crippen LogP contribution in [-0.4, -0.2) is 26.9 Å². The molecule has 0 amide bonds. The molecule has 92 valence electrons. The predicted octanol–water partition coefficient (Wildman–Crippen LogP) is 1.69. The lowest BCUT2D eigenvalue weighted by molar-refractivity contribution is -0.137. The first-order chi connectivity index (χ1) is 8.04. The molecule has 1 aliphatic rings. The van der Waals surface area contributed by atoms with Crippen molar-refractivity contribution in [1.29, 1.82) is 0 Å². The lowest BCUT2D eigenvalue weighted by Gasteiger charge is -2.11. The largest absolute Gasteiger partial charge is 0.480 e. The maximum atomic E-state index is 12.0. The maximum Gasteiger partial charge on any atom is 0.323 e. The second kappa shape index (κ2) is 4.81. The Hall–Kier alpha value is -0.820. The van der Waals surface area contributed by atoms with Crippen molar-refractivity contribution in [3.63, 3.8) is 0 Å². The van der Waals surface area contributed by atoms with E-state index in [0.717, 1.165) is 18.5 Å². The van der Waals surface area contributed by atoms with E-state index in [-0.39, 0.29) is 12.1 Å². The van der Waals surface area contributed by atoms with Gasteiger partial charge >= 0.3 is 5.97 Å². The molecule has 1 heterocycles. The molecule has 17 heavy (non-hydrogen) atoms. The predicted molar refractivity (Wildman–Crippen MR) is 67.6 cm³/mol. The molecule has 5 nitrogen and oxygen atoms in total. The van der Waals surface area contributed by atoms with E-state index in [9.17, 15) is 9.59 Å². The molecule has 1 aromatic heterocycles. The van der Waals surface area contributed by atoms with E-state index in [4.69, 9.17) is 5.11 Å². The van der Waals surface area contributed by atoms with Crippen LogP contribution in [0.5, 0.6) is 0 Å². The van der Waals surface area contributed by atoms with E-state index >= 15 is 0 Å². The minimum absolute atomic E-state index is 0.311. The number of carbonyl (C=O) groups is 1.